The van der Waals surface area contributed by atoms with Crippen molar-refractivity contribution in [3.05, 3.63) is 29.8 Å². The molecule has 5 nitrogen and oxygen atoms in total. The minimum atomic E-state index is -4.46. The molecule has 1 aliphatic rings. The van der Waals surface area contributed by atoms with Crippen LogP contribution in [0.2, 0.25) is 0 Å². The SMILES string of the molecule is CC(C)(C)OC(=O)N1C[C@H](Oc2ccc(C(F)(F)F)cc2)C[C@@H]1COC(F)F. The number of halogens is 5. The topological polar surface area (TPSA) is 48.0 Å². The molecule has 0 saturated carbocycles. The molecular formula is C18H22F5NO4. The molecule has 1 aliphatic heterocycles. The molecule has 0 bridgehead atoms. The van der Waals surface area contributed by atoms with Crippen LogP contribution in [0, 0.1) is 0 Å². The normalized spacial score (nSPS) is 20.5. The highest BCUT2D eigenvalue weighted by Gasteiger charge is 2.39. The summed E-state index contributed by atoms with van der Waals surface area (Å²) in [6.45, 7) is 1.64. The van der Waals surface area contributed by atoms with Gasteiger partial charge in [-0.15, -0.1) is 0 Å². The predicted molar refractivity (Wildman–Crippen MR) is 89.2 cm³/mol. The van der Waals surface area contributed by atoms with Gasteiger partial charge in [-0.2, -0.15) is 22.0 Å². The maximum absolute atomic E-state index is 12.6. The lowest BCUT2D eigenvalue weighted by Gasteiger charge is -2.28. The zero-order chi connectivity index (χ0) is 21.1. The number of nitrogens with zero attached hydrogens (tertiary/aromatic N) is 1. The summed E-state index contributed by atoms with van der Waals surface area (Å²) in [5, 5.41) is 0. The van der Waals surface area contributed by atoms with Crippen molar-refractivity contribution in [2.24, 2.45) is 0 Å². The number of amides is 1. The maximum Gasteiger partial charge on any atom is 0.416 e. The monoisotopic (exact) mass is 411 g/mol. The molecule has 2 atom stereocenters. The first-order valence-electron chi connectivity index (χ1n) is 8.58. The number of carbonyl (C=O) groups is 1. The number of benzene rings is 1. The van der Waals surface area contributed by atoms with Gasteiger partial charge < -0.3 is 14.2 Å². The van der Waals surface area contributed by atoms with E-state index in [1.54, 1.807) is 20.8 Å². The molecule has 1 aromatic carbocycles. The van der Waals surface area contributed by atoms with Crippen LogP contribution in [0.15, 0.2) is 24.3 Å². The van der Waals surface area contributed by atoms with E-state index in [1.807, 2.05) is 0 Å². The van der Waals surface area contributed by atoms with Crippen molar-refractivity contribution in [2.45, 2.75) is 57.7 Å². The van der Waals surface area contributed by atoms with E-state index in [9.17, 15) is 26.7 Å². The van der Waals surface area contributed by atoms with Gasteiger partial charge in [-0.1, -0.05) is 0 Å². The van der Waals surface area contributed by atoms with Crippen LogP contribution in [0.25, 0.3) is 0 Å². The molecule has 28 heavy (non-hydrogen) atoms. The summed E-state index contributed by atoms with van der Waals surface area (Å²) in [5.41, 5.74) is -1.60. The first-order valence-corrected chi connectivity index (χ1v) is 8.58. The first kappa shape index (κ1) is 22.2. The van der Waals surface area contributed by atoms with Gasteiger partial charge in [-0.3, -0.25) is 4.90 Å². The summed E-state index contributed by atoms with van der Waals surface area (Å²) in [6, 6.07) is 3.40. The molecule has 2 rings (SSSR count). The Labute approximate surface area is 159 Å². The summed E-state index contributed by atoms with van der Waals surface area (Å²) in [5.74, 6) is 0.178. The average molecular weight is 411 g/mol. The Morgan fingerprint density at radius 2 is 1.79 bits per heavy atom. The molecule has 0 unspecified atom stereocenters. The van der Waals surface area contributed by atoms with Gasteiger partial charge in [0.1, 0.15) is 17.5 Å². The van der Waals surface area contributed by atoms with E-state index in [1.165, 1.54) is 17.0 Å². The largest absolute Gasteiger partial charge is 0.489 e. The van der Waals surface area contributed by atoms with Gasteiger partial charge in [0.2, 0.25) is 0 Å². The van der Waals surface area contributed by atoms with Gasteiger partial charge in [-0.25, -0.2) is 4.79 Å². The molecule has 158 valence electrons. The highest BCUT2D eigenvalue weighted by atomic mass is 19.4. The summed E-state index contributed by atoms with van der Waals surface area (Å²) in [6.07, 6.45) is -5.59. The average Bonchev–Trinajstić information content (AvgIpc) is 2.94. The van der Waals surface area contributed by atoms with Gasteiger partial charge in [0.25, 0.3) is 0 Å². The van der Waals surface area contributed by atoms with Crippen molar-refractivity contribution in [1.29, 1.82) is 0 Å². The van der Waals surface area contributed by atoms with Crippen molar-refractivity contribution >= 4 is 6.09 Å². The Morgan fingerprint density at radius 1 is 1.18 bits per heavy atom. The van der Waals surface area contributed by atoms with E-state index in [4.69, 9.17) is 9.47 Å². The van der Waals surface area contributed by atoms with Crippen LogP contribution in [0.3, 0.4) is 0 Å². The van der Waals surface area contributed by atoms with Crippen LogP contribution in [0.4, 0.5) is 26.7 Å². The Morgan fingerprint density at radius 3 is 2.29 bits per heavy atom. The van der Waals surface area contributed by atoms with E-state index in [2.05, 4.69) is 4.74 Å². The summed E-state index contributed by atoms with van der Waals surface area (Å²) in [4.78, 5) is 13.6. The third kappa shape index (κ3) is 6.50. The van der Waals surface area contributed by atoms with Crippen molar-refractivity contribution in [2.75, 3.05) is 13.2 Å². The van der Waals surface area contributed by atoms with Crippen molar-refractivity contribution in [3.63, 3.8) is 0 Å². The van der Waals surface area contributed by atoms with Crippen LogP contribution in [-0.4, -0.2) is 48.5 Å². The van der Waals surface area contributed by atoms with E-state index in [-0.39, 0.29) is 18.7 Å². The van der Waals surface area contributed by atoms with E-state index >= 15 is 0 Å². The Hall–Kier alpha value is -2.10. The van der Waals surface area contributed by atoms with Crippen LogP contribution in [0.1, 0.15) is 32.8 Å². The van der Waals surface area contributed by atoms with Crippen molar-refractivity contribution in [1.82, 2.24) is 4.90 Å². The predicted octanol–water partition coefficient (Wildman–Crippen LogP) is 4.70. The standard InChI is InChI=1S/C18H22F5NO4/c1-17(2,3)28-16(25)24-9-14(8-12(24)10-26-15(19)20)27-13-6-4-11(5-7-13)18(21,22)23/h4-7,12,14-15H,8-10H2,1-3H3/t12-,14-/m1/s1. The highest BCUT2D eigenvalue weighted by molar-refractivity contribution is 5.69. The minimum Gasteiger partial charge on any atom is -0.489 e. The van der Waals surface area contributed by atoms with Gasteiger partial charge in [0, 0.05) is 6.42 Å². The Kier molecular flexibility index (Phi) is 6.74. The molecule has 10 heteroatoms. The van der Waals surface area contributed by atoms with Crippen LogP contribution < -0.4 is 4.74 Å². The van der Waals surface area contributed by atoms with Crippen LogP contribution in [-0.2, 0) is 15.7 Å². The lowest BCUT2D eigenvalue weighted by molar-refractivity contribution is -0.138. The lowest BCUT2D eigenvalue weighted by atomic mass is 10.2. The second kappa shape index (κ2) is 8.50. The van der Waals surface area contributed by atoms with E-state index in [0.717, 1.165) is 12.1 Å². The number of ether oxygens (including phenoxy) is 3. The fourth-order valence-electron chi connectivity index (χ4n) is 2.76. The van der Waals surface area contributed by atoms with Gasteiger partial charge in [0.15, 0.2) is 0 Å². The van der Waals surface area contributed by atoms with Crippen LogP contribution in [0.5, 0.6) is 5.75 Å². The Balaban J connectivity index is 2.06. The van der Waals surface area contributed by atoms with E-state index in [0.29, 0.717) is 0 Å². The molecule has 1 fully saturated rings. The van der Waals surface area contributed by atoms with Gasteiger partial charge in [0.05, 0.1) is 24.8 Å². The zero-order valence-corrected chi connectivity index (χ0v) is 15.6. The number of rotatable bonds is 5. The lowest BCUT2D eigenvalue weighted by Crippen LogP contribution is -2.42. The third-order valence-corrected chi connectivity index (χ3v) is 3.90. The molecule has 1 aromatic rings. The zero-order valence-electron chi connectivity index (χ0n) is 15.6. The first-order chi connectivity index (χ1) is 12.8. The summed E-state index contributed by atoms with van der Waals surface area (Å²) < 4.78 is 77.9. The molecule has 0 aliphatic carbocycles. The fraction of sp³-hybridized carbons (Fsp3) is 0.611. The summed E-state index contributed by atoms with van der Waals surface area (Å²) >= 11 is 0. The highest BCUT2D eigenvalue weighted by Crippen LogP contribution is 2.31. The number of hydrogen-bond acceptors (Lipinski definition) is 4. The molecular weight excluding hydrogens is 389 g/mol. The molecule has 1 amide bonds. The number of carbonyl (C=O) groups excluding carboxylic acids is 1. The molecule has 0 spiro atoms. The molecule has 1 saturated heterocycles. The molecule has 0 radical (unpaired) electrons. The number of alkyl halides is 5. The summed E-state index contributed by atoms with van der Waals surface area (Å²) in [7, 11) is 0. The molecule has 0 N–H and O–H groups in total. The molecule has 0 aromatic heterocycles. The second-order valence-corrected chi connectivity index (χ2v) is 7.38. The van der Waals surface area contributed by atoms with Crippen molar-refractivity contribution < 1.29 is 41.0 Å². The van der Waals surface area contributed by atoms with Gasteiger partial charge >= 0.3 is 18.9 Å². The maximum atomic E-state index is 12.6. The van der Waals surface area contributed by atoms with Gasteiger partial charge in [-0.05, 0) is 45.0 Å². The minimum absolute atomic E-state index is 0.0349. The third-order valence-electron chi connectivity index (χ3n) is 3.90. The van der Waals surface area contributed by atoms with E-state index < -0.39 is 48.8 Å². The second-order valence-electron chi connectivity index (χ2n) is 7.38. The smallest absolute Gasteiger partial charge is 0.416 e. The Bertz CT molecular complexity index is 657. The number of hydrogen-bond donors (Lipinski definition) is 0. The fourth-order valence-corrected chi connectivity index (χ4v) is 2.76. The number of likely N-dealkylation sites (tertiary alicyclic amines) is 1. The molecule has 1 heterocycles. The quantitative estimate of drug-likeness (QED) is 0.659. The van der Waals surface area contributed by atoms with Crippen molar-refractivity contribution in [3.8, 4) is 5.75 Å². The van der Waals surface area contributed by atoms with Crippen LogP contribution >= 0.6 is 0 Å².